The molecule has 1 saturated carbocycles. The molecule has 1 saturated heterocycles. The molecule has 3 aromatic rings. The first kappa shape index (κ1) is 30.8. The number of rotatable bonds is 7. The number of nitrogens with zero attached hydrogens (tertiary/aromatic N) is 4. The summed E-state index contributed by atoms with van der Waals surface area (Å²) in [6, 6.07) is 7.39. The molecule has 2 fully saturated rings. The second-order valence-electron chi connectivity index (χ2n) is 11.2. The number of esters is 1. The van der Waals surface area contributed by atoms with E-state index in [0.717, 1.165) is 11.0 Å². The van der Waals surface area contributed by atoms with Crippen molar-refractivity contribution in [3.63, 3.8) is 0 Å². The van der Waals surface area contributed by atoms with Gasteiger partial charge in [0, 0.05) is 26.3 Å². The minimum atomic E-state index is -4.66. The normalized spacial score (nSPS) is 18.4. The molecule has 1 atom stereocenters. The van der Waals surface area contributed by atoms with Crippen molar-refractivity contribution in [2.45, 2.75) is 51.4 Å². The van der Waals surface area contributed by atoms with Crippen LogP contribution < -0.4 is 15.9 Å². The number of carbonyl (C=O) groups is 4. The summed E-state index contributed by atoms with van der Waals surface area (Å²) < 4.78 is 48.9. The van der Waals surface area contributed by atoms with Gasteiger partial charge in [0.2, 0.25) is 11.8 Å². The Kier molecular flexibility index (Phi) is 7.80. The molecule has 44 heavy (non-hydrogen) atoms. The van der Waals surface area contributed by atoms with Crippen molar-refractivity contribution in [3.8, 4) is 0 Å². The van der Waals surface area contributed by atoms with E-state index in [-0.39, 0.29) is 29.1 Å². The van der Waals surface area contributed by atoms with E-state index in [1.807, 2.05) is 0 Å². The van der Waals surface area contributed by atoms with E-state index in [1.54, 1.807) is 39.2 Å². The van der Waals surface area contributed by atoms with Crippen LogP contribution in [0.25, 0.3) is 11.0 Å². The molecule has 1 aliphatic carbocycles. The van der Waals surface area contributed by atoms with Crippen LogP contribution in [0, 0.1) is 12.8 Å². The number of urea groups is 1. The lowest BCUT2D eigenvalue weighted by molar-refractivity contribution is -0.159. The Labute approximate surface area is 250 Å². The molecule has 234 valence electrons. The summed E-state index contributed by atoms with van der Waals surface area (Å²) in [6.07, 6.45) is -3.38. The standard InChI is InChI=1S/C30H32F3N5O6/c1-5-44-26(41)29(12-7-13-29)34-24(39)20-16-37(19-10-11-22-23(14-19)36(4)27(42)35(22)3)28(43)38(25(20)40)15-18-8-6-9-21(17(18)2)30(31,32)33/h6,8-11,14,20H,5,7,12-13,15-16H2,1-4H3,(H,34,39). The molecule has 1 N–H and O–H groups in total. The third-order valence-corrected chi connectivity index (χ3v) is 8.59. The molecule has 1 aromatic heterocycles. The molecule has 2 heterocycles. The minimum Gasteiger partial charge on any atom is -0.464 e. The van der Waals surface area contributed by atoms with Crippen LogP contribution in [0.4, 0.5) is 23.7 Å². The number of hydrogen-bond acceptors (Lipinski definition) is 6. The zero-order chi connectivity index (χ0) is 32.1. The SMILES string of the molecule is CCOC(=O)C1(NC(=O)C2CN(c3ccc4c(c3)n(C)c(=O)n4C)C(=O)N(Cc3cccc(C(F)(F)F)c3C)C2=O)CCC1. The monoisotopic (exact) mass is 615 g/mol. The van der Waals surface area contributed by atoms with Gasteiger partial charge in [0.25, 0.3) is 0 Å². The summed E-state index contributed by atoms with van der Waals surface area (Å²) in [5.74, 6) is -3.82. The highest BCUT2D eigenvalue weighted by Crippen LogP contribution is 2.36. The number of nitrogens with one attached hydrogen (secondary N) is 1. The highest BCUT2D eigenvalue weighted by molar-refractivity contribution is 6.14. The fourth-order valence-corrected chi connectivity index (χ4v) is 5.82. The second kappa shape index (κ2) is 11.1. The third kappa shape index (κ3) is 5.11. The molecule has 0 radical (unpaired) electrons. The summed E-state index contributed by atoms with van der Waals surface area (Å²) in [5, 5.41) is 2.68. The lowest BCUT2D eigenvalue weighted by Gasteiger charge is -2.42. The number of alkyl halides is 3. The van der Waals surface area contributed by atoms with Gasteiger partial charge in [-0.3, -0.25) is 28.5 Å². The first-order valence-corrected chi connectivity index (χ1v) is 14.1. The maximum Gasteiger partial charge on any atom is 0.416 e. The molecule has 2 aromatic carbocycles. The van der Waals surface area contributed by atoms with Gasteiger partial charge >= 0.3 is 23.9 Å². The fraction of sp³-hybridized carbons (Fsp3) is 0.433. The lowest BCUT2D eigenvalue weighted by Crippen LogP contribution is -2.65. The van der Waals surface area contributed by atoms with Gasteiger partial charge in [-0.2, -0.15) is 13.2 Å². The van der Waals surface area contributed by atoms with Crippen molar-refractivity contribution in [2.75, 3.05) is 18.1 Å². The van der Waals surface area contributed by atoms with Gasteiger partial charge in [-0.15, -0.1) is 0 Å². The van der Waals surface area contributed by atoms with Crippen molar-refractivity contribution < 1.29 is 37.1 Å². The molecular formula is C30H32F3N5O6. The number of hydrogen-bond donors (Lipinski definition) is 1. The Bertz CT molecular complexity index is 1740. The molecule has 14 heteroatoms. The number of aromatic nitrogens is 2. The van der Waals surface area contributed by atoms with Crippen molar-refractivity contribution in [1.82, 2.24) is 19.4 Å². The number of amides is 4. The van der Waals surface area contributed by atoms with Gasteiger partial charge in [-0.1, -0.05) is 12.1 Å². The molecule has 1 unspecified atom stereocenters. The van der Waals surface area contributed by atoms with Crippen LogP contribution in [-0.4, -0.2) is 56.5 Å². The number of imide groups is 1. The summed E-state index contributed by atoms with van der Waals surface area (Å²) in [5.41, 5.74) is -1.27. The van der Waals surface area contributed by atoms with E-state index in [0.29, 0.717) is 30.3 Å². The van der Waals surface area contributed by atoms with Crippen LogP contribution >= 0.6 is 0 Å². The van der Waals surface area contributed by atoms with Crippen molar-refractivity contribution in [1.29, 1.82) is 0 Å². The molecule has 0 spiro atoms. The van der Waals surface area contributed by atoms with Crippen molar-refractivity contribution in [3.05, 3.63) is 63.6 Å². The molecule has 1 aliphatic heterocycles. The zero-order valence-corrected chi connectivity index (χ0v) is 24.7. The van der Waals surface area contributed by atoms with Crippen LogP contribution in [-0.2, 0) is 45.9 Å². The van der Waals surface area contributed by atoms with Gasteiger partial charge in [-0.25, -0.2) is 14.4 Å². The largest absolute Gasteiger partial charge is 0.464 e. The summed E-state index contributed by atoms with van der Waals surface area (Å²) in [7, 11) is 3.15. The summed E-state index contributed by atoms with van der Waals surface area (Å²) in [6.45, 7) is 2.06. The number of halogens is 3. The van der Waals surface area contributed by atoms with Crippen LogP contribution in [0.2, 0.25) is 0 Å². The topological polar surface area (TPSA) is 123 Å². The average molecular weight is 616 g/mol. The van der Waals surface area contributed by atoms with E-state index in [1.165, 1.54) is 33.1 Å². The maximum absolute atomic E-state index is 13.9. The summed E-state index contributed by atoms with van der Waals surface area (Å²) in [4.78, 5) is 68.5. The number of imidazole rings is 1. The Morgan fingerprint density at radius 2 is 1.73 bits per heavy atom. The van der Waals surface area contributed by atoms with E-state index < -0.39 is 60.1 Å². The van der Waals surface area contributed by atoms with Gasteiger partial charge in [-0.05, 0) is 68.5 Å². The molecule has 0 bridgehead atoms. The van der Waals surface area contributed by atoms with Gasteiger partial charge in [0.1, 0.15) is 11.5 Å². The van der Waals surface area contributed by atoms with Crippen molar-refractivity contribution in [2.24, 2.45) is 20.0 Å². The number of carbonyl (C=O) groups excluding carboxylic acids is 4. The number of benzene rings is 2. The summed E-state index contributed by atoms with van der Waals surface area (Å²) >= 11 is 0. The number of fused-ring (bicyclic) bond motifs is 1. The predicted octanol–water partition coefficient (Wildman–Crippen LogP) is 3.39. The molecule has 11 nitrogen and oxygen atoms in total. The molecule has 2 aliphatic rings. The van der Waals surface area contributed by atoms with Crippen LogP contribution in [0.5, 0.6) is 0 Å². The molecule has 5 rings (SSSR count). The van der Waals surface area contributed by atoms with Crippen molar-refractivity contribution >= 4 is 40.5 Å². The van der Waals surface area contributed by atoms with E-state index in [9.17, 15) is 37.1 Å². The molecular weight excluding hydrogens is 583 g/mol. The van der Waals surface area contributed by atoms with Gasteiger partial charge < -0.3 is 10.1 Å². The Morgan fingerprint density at radius 1 is 1.05 bits per heavy atom. The number of ether oxygens (including phenoxy) is 1. The second-order valence-corrected chi connectivity index (χ2v) is 11.2. The van der Waals surface area contributed by atoms with E-state index in [4.69, 9.17) is 4.74 Å². The maximum atomic E-state index is 13.9. The molecule has 4 amide bonds. The Hall–Kier alpha value is -4.62. The van der Waals surface area contributed by atoms with Crippen LogP contribution in [0.15, 0.2) is 41.2 Å². The Morgan fingerprint density at radius 3 is 2.34 bits per heavy atom. The first-order valence-electron chi connectivity index (χ1n) is 14.1. The predicted molar refractivity (Wildman–Crippen MR) is 152 cm³/mol. The van der Waals surface area contributed by atoms with Crippen LogP contribution in [0.1, 0.15) is 42.9 Å². The van der Waals surface area contributed by atoms with Crippen LogP contribution in [0.3, 0.4) is 0 Å². The quantitative estimate of drug-likeness (QED) is 0.321. The lowest BCUT2D eigenvalue weighted by atomic mass is 9.76. The fourth-order valence-electron chi connectivity index (χ4n) is 5.82. The number of aryl methyl sites for hydroxylation is 2. The first-order chi connectivity index (χ1) is 20.7. The highest BCUT2D eigenvalue weighted by Gasteiger charge is 2.51. The minimum absolute atomic E-state index is 0.0745. The van der Waals surface area contributed by atoms with Gasteiger partial charge in [0.15, 0.2) is 0 Å². The third-order valence-electron chi connectivity index (χ3n) is 8.59. The number of anilines is 1. The Balaban J connectivity index is 1.55. The zero-order valence-electron chi connectivity index (χ0n) is 24.7. The van der Waals surface area contributed by atoms with E-state index >= 15 is 0 Å². The smallest absolute Gasteiger partial charge is 0.416 e. The average Bonchev–Trinajstić information content (AvgIpc) is 3.16. The van der Waals surface area contributed by atoms with Gasteiger partial charge in [0.05, 0.1) is 29.7 Å². The highest BCUT2D eigenvalue weighted by atomic mass is 19.4. The van der Waals surface area contributed by atoms with E-state index in [2.05, 4.69) is 5.32 Å².